The van der Waals surface area contributed by atoms with Crippen molar-refractivity contribution in [2.24, 2.45) is 0 Å². The number of anilines is 1. The number of carboxylic acids is 1. The highest BCUT2D eigenvalue weighted by atomic mass is 16.5. The van der Waals surface area contributed by atoms with Crippen LogP contribution in [0.25, 0.3) is 6.08 Å². The van der Waals surface area contributed by atoms with Crippen LogP contribution in [-0.2, 0) is 4.79 Å². The van der Waals surface area contributed by atoms with Crippen molar-refractivity contribution < 1.29 is 19.4 Å². The largest absolute Gasteiger partial charge is 0.494 e. The first kappa shape index (κ1) is 16.3. The van der Waals surface area contributed by atoms with E-state index < -0.39 is 5.97 Å². The smallest absolute Gasteiger partial charge is 0.335 e. The fourth-order valence-corrected chi connectivity index (χ4v) is 1.89. The molecular weight excluding hydrogens is 294 g/mol. The van der Waals surface area contributed by atoms with Gasteiger partial charge in [-0.3, -0.25) is 4.79 Å². The Morgan fingerprint density at radius 2 is 1.74 bits per heavy atom. The molecule has 5 nitrogen and oxygen atoms in total. The number of carbonyl (C=O) groups excluding carboxylic acids is 1. The minimum atomic E-state index is -1.00. The maximum Gasteiger partial charge on any atom is 0.335 e. The molecule has 0 aromatic heterocycles. The molecule has 0 unspecified atom stereocenters. The zero-order valence-corrected chi connectivity index (χ0v) is 12.7. The number of ether oxygens (including phenoxy) is 1. The van der Waals surface area contributed by atoms with Gasteiger partial charge in [-0.05, 0) is 55.0 Å². The average molecular weight is 311 g/mol. The van der Waals surface area contributed by atoms with Crippen molar-refractivity contribution in [3.8, 4) is 5.75 Å². The second kappa shape index (κ2) is 7.79. The lowest BCUT2D eigenvalue weighted by Gasteiger charge is -2.03. The molecule has 2 N–H and O–H groups in total. The Bertz CT molecular complexity index is 703. The number of rotatable bonds is 6. The molecule has 0 aliphatic heterocycles. The number of hydrogen-bond donors (Lipinski definition) is 2. The molecule has 2 rings (SSSR count). The average Bonchev–Trinajstić information content (AvgIpc) is 2.55. The quantitative estimate of drug-likeness (QED) is 0.801. The highest BCUT2D eigenvalue weighted by molar-refractivity contribution is 6.02. The molecule has 0 radical (unpaired) electrons. The van der Waals surface area contributed by atoms with Crippen molar-refractivity contribution >= 4 is 23.6 Å². The van der Waals surface area contributed by atoms with E-state index in [9.17, 15) is 9.59 Å². The van der Waals surface area contributed by atoms with Gasteiger partial charge in [-0.25, -0.2) is 4.79 Å². The van der Waals surface area contributed by atoms with E-state index in [-0.39, 0.29) is 11.5 Å². The standard InChI is InChI=1S/C18H17NO4/c1-2-23-16-10-3-13(4-11-16)5-12-17(20)19-15-8-6-14(7-9-15)18(21)22/h3-12H,2H2,1H3,(H,19,20)(H,21,22)/b12-5+. The van der Waals surface area contributed by atoms with E-state index in [0.717, 1.165) is 11.3 Å². The van der Waals surface area contributed by atoms with Gasteiger partial charge in [-0.1, -0.05) is 12.1 Å². The summed E-state index contributed by atoms with van der Waals surface area (Å²) in [6, 6.07) is 13.4. The number of nitrogens with one attached hydrogen (secondary N) is 1. The van der Waals surface area contributed by atoms with Crippen molar-refractivity contribution in [3.05, 3.63) is 65.7 Å². The molecule has 5 heteroatoms. The second-order valence-corrected chi connectivity index (χ2v) is 4.71. The normalized spacial score (nSPS) is 10.5. The van der Waals surface area contributed by atoms with Gasteiger partial charge in [0.25, 0.3) is 0 Å². The molecule has 2 aromatic carbocycles. The van der Waals surface area contributed by atoms with Crippen LogP contribution in [-0.4, -0.2) is 23.6 Å². The zero-order valence-electron chi connectivity index (χ0n) is 12.7. The highest BCUT2D eigenvalue weighted by Crippen LogP contribution is 2.13. The first-order valence-electron chi connectivity index (χ1n) is 7.14. The van der Waals surface area contributed by atoms with Crippen LogP contribution in [0.15, 0.2) is 54.6 Å². The van der Waals surface area contributed by atoms with Crippen LogP contribution >= 0.6 is 0 Å². The van der Waals surface area contributed by atoms with Crippen LogP contribution in [0.1, 0.15) is 22.8 Å². The monoisotopic (exact) mass is 311 g/mol. The number of amides is 1. The molecule has 0 fully saturated rings. The molecule has 0 saturated heterocycles. The Labute approximate surface area is 134 Å². The van der Waals surface area contributed by atoms with Gasteiger partial charge >= 0.3 is 5.97 Å². The van der Waals surface area contributed by atoms with Crippen LogP contribution in [0.2, 0.25) is 0 Å². The maximum atomic E-state index is 11.8. The molecule has 0 atom stereocenters. The third kappa shape index (κ3) is 5.00. The molecule has 0 aliphatic carbocycles. The maximum absolute atomic E-state index is 11.8. The van der Waals surface area contributed by atoms with E-state index in [1.54, 1.807) is 18.2 Å². The summed E-state index contributed by atoms with van der Waals surface area (Å²) in [5, 5.41) is 11.5. The summed E-state index contributed by atoms with van der Waals surface area (Å²) >= 11 is 0. The van der Waals surface area contributed by atoms with Gasteiger partial charge < -0.3 is 15.2 Å². The minimum Gasteiger partial charge on any atom is -0.494 e. The summed E-state index contributed by atoms with van der Waals surface area (Å²) in [5.74, 6) is -0.507. The Morgan fingerprint density at radius 1 is 1.09 bits per heavy atom. The molecular formula is C18H17NO4. The van der Waals surface area contributed by atoms with E-state index in [2.05, 4.69) is 5.32 Å². The number of hydrogen-bond acceptors (Lipinski definition) is 3. The molecule has 0 bridgehead atoms. The number of benzene rings is 2. The van der Waals surface area contributed by atoms with Gasteiger partial charge in [0.1, 0.15) is 5.75 Å². The third-order valence-electron chi connectivity index (χ3n) is 3.02. The molecule has 0 saturated carbocycles. The van der Waals surface area contributed by atoms with Gasteiger partial charge in [-0.15, -0.1) is 0 Å². The van der Waals surface area contributed by atoms with Crippen LogP contribution in [0.5, 0.6) is 5.75 Å². The van der Waals surface area contributed by atoms with E-state index in [4.69, 9.17) is 9.84 Å². The number of aromatic carboxylic acids is 1. The summed E-state index contributed by atoms with van der Waals surface area (Å²) in [6.45, 7) is 2.53. The Kier molecular flexibility index (Phi) is 5.52. The molecule has 0 spiro atoms. The molecule has 0 heterocycles. The van der Waals surface area contributed by atoms with Gasteiger partial charge in [0.05, 0.1) is 12.2 Å². The van der Waals surface area contributed by atoms with Crippen molar-refractivity contribution in [2.45, 2.75) is 6.92 Å². The van der Waals surface area contributed by atoms with Gasteiger partial charge in [-0.2, -0.15) is 0 Å². The Balaban J connectivity index is 1.94. The van der Waals surface area contributed by atoms with Crippen LogP contribution in [0.4, 0.5) is 5.69 Å². The predicted molar refractivity (Wildman–Crippen MR) is 88.7 cm³/mol. The SMILES string of the molecule is CCOc1ccc(/C=C/C(=O)Nc2ccc(C(=O)O)cc2)cc1. The minimum absolute atomic E-state index is 0.174. The highest BCUT2D eigenvalue weighted by Gasteiger charge is 2.03. The summed E-state index contributed by atoms with van der Waals surface area (Å²) in [7, 11) is 0. The summed E-state index contributed by atoms with van der Waals surface area (Å²) in [4.78, 5) is 22.6. The molecule has 23 heavy (non-hydrogen) atoms. The lowest BCUT2D eigenvalue weighted by Crippen LogP contribution is -2.08. The second-order valence-electron chi connectivity index (χ2n) is 4.71. The fourth-order valence-electron chi connectivity index (χ4n) is 1.89. The first-order chi connectivity index (χ1) is 11.1. The molecule has 1 amide bonds. The zero-order chi connectivity index (χ0) is 16.7. The summed E-state index contributed by atoms with van der Waals surface area (Å²) in [5.41, 5.74) is 1.59. The van der Waals surface area contributed by atoms with Crippen molar-refractivity contribution in [2.75, 3.05) is 11.9 Å². The van der Waals surface area contributed by atoms with Crippen molar-refractivity contribution in [3.63, 3.8) is 0 Å². The fraction of sp³-hybridized carbons (Fsp3) is 0.111. The molecule has 118 valence electrons. The topological polar surface area (TPSA) is 75.6 Å². The van der Waals surface area contributed by atoms with Gasteiger partial charge in [0.15, 0.2) is 0 Å². The lowest BCUT2D eigenvalue weighted by atomic mass is 10.2. The molecule has 2 aromatic rings. The van der Waals surface area contributed by atoms with E-state index in [0.29, 0.717) is 12.3 Å². The number of carbonyl (C=O) groups is 2. The van der Waals surface area contributed by atoms with Crippen LogP contribution in [0.3, 0.4) is 0 Å². The Morgan fingerprint density at radius 3 is 2.30 bits per heavy atom. The van der Waals surface area contributed by atoms with E-state index in [1.165, 1.54) is 18.2 Å². The van der Waals surface area contributed by atoms with E-state index >= 15 is 0 Å². The summed E-state index contributed by atoms with van der Waals surface area (Å²) < 4.78 is 5.35. The van der Waals surface area contributed by atoms with Crippen molar-refractivity contribution in [1.29, 1.82) is 0 Å². The van der Waals surface area contributed by atoms with Gasteiger partial charge in [0, 0.05) is 11.8 Å². The van der Waals surface area contributed by atoms with Crippen molar-refractivity contribution in [1.82, 2.24) is 0 Å². The van der Waals surface area contributed by atoms with Gasteiger partial charge in [0.2, 0.25) is 5.91 Å². The molecule has 0 aliphatic rings. The third-order valence-corrected chi connectivity index (χ3v) is 3.02. The summed E-state index contributed by atoms with van der Waals surface area (Å²) in [6.07, 6.45) is 3.11. The Hall–Kier alpha value is -3.08. The first-order valence-corrected chi connectivity index (χ1v) is 7.14. The van der Waals surface area contributed by atoms with E-state index in [1.807, 2.05) is 31.2 Å². The predicted octanol–water partition coefficient (Wildman–Crippen LogP) is 3.44. The lowest BCUT2D eigenvalue weighted by molar-refractivity contribution is -0.111. The van der Waals surface area contributed by atoms with Crippen LogP contribution < -0.4 is 10.1 Å². The van der Waals surface area contributed by atoms with Crippen LogP contribution in [0, 0.1) is 0 Å². The number of carboxylic acid groups (broad SMARTS) is 1.